The normalized spacial score (nSPS) is 12.5. The van der Waals surface area contributed by atoms with Gasteiger partial charge in [0.05, 0.1) is 12.7 Å². The van der Waals surface area contributed by atoms with Gasteiger partial charge in [-0.2, -0.15) is 0 Å². The Kier molecular flexibility index (Phi) is 9.33. The van der Waals surface area contributed by atoms with Crippen LogP contribution >= 0.6 is 0 Å². The highest BCUT2D eigenvalue weighted by molar-refractivity contribution is 5.13. The Morgan fingerprint density at radius 3 is 2.32 bits per heavy atom. The molecule has 19 heavy (non-hydrogen) atoms. The molecule has 0 bridgehead atoms. The summed E-state index contributed by atoms with van der Waals surface area (Å²) in [6.45, 7) is 1.64. The Labute approximate surface area is 116 Å². The van der Waals surface area contributed by atoms with Gasteiger partial charge in [-0.15, -0.1) is 0 Å². The highest BCUT2D eigenvalue weighted by Crippen LogP contribution is 2.09. The predicted molar refractivity (Wildman–Crippen MR) is 76.9 cm³/mol. The van der Waals surface area contributed by atoms with Gasteiger partial charge in [0.25, 0.3) is 0 Å². The summed E-state index contributed by atoms with van der Waals surface area (Å²) < 4.78 is 5.59. The first kappa shape index (κ1) is 16.2. The van der Waals surface area contributed by atoms with E-state index in [1.54, 1.807) is 0 Å². The smallest absolute Gasteiger partial charge is 0.0716 e. The molecule has 3 nitrogen and oxygen atoms in total. The SMILES string of the molecule is OCCCCC(O)CCCCOCc1ccccc1. The second-order valence-corrected chi connectivity index (χ2v) is 4.91. The van der Waals surface area contributed by atoms with Crippen LogP contribution in [-0.4, -0.2) is 29.5 Å². The van der Waals surface area contributed by atoms with Gasteiger partial charge in [0, 0.05) is 13.2 Å². The number of ether oxygens (including phenoxy) is 1. The van der Waals surface area contributed by atoms with E-state index in [0.29, 0.717) is 6.61 Å². The fourth-order valence-corrected chi connectivity index (χ4v) is 1.98. The molecule has 1 aromatic rings. The van der Waals surface area contributed by atoms with Gasteiger partial charge in [0.2, 0.25) is 0 Å². The summed E-state index contributed by atoms with van der Waals surface area (Å²) >= 11 is 0. The molecule has 1 aromatic carbocycles. The molecule has 1 unspecified atom stereocenters. The molecule has 0 aliphatic rings. The van der Waals surface area contributed by atoms with Gasteiger partial charge in [0.15, 0.2) is 0 Å². The molecule has 1 rings (SSSR count). The van der Waals surface area contributed by atoms with E-state index >= 15 is 0 Å². The largest absolute Gasteiger partial charge is 0.396 e. The van der Waals surface area contributed by atoms with Gasteiger partial charge in [-0.1, -0.05) is 30.3 Å². The van der Waals surface area contributed by atoms with Crippen molar-refractivity contribution in [1.29, 1.82) is 0 Å². The monoisotopic (exact) mass is 266 g/mol. The zero-order valence-electron chi connectivity index (χ0n) is 11.6. The molecule has 0 saturated carbocycles. The molecule has 0 saturated heterocycles. The van der Waals surface area contributed by atoms with Crippen molar-refractivity contribution in [2.24, 2.45) is 0 Å². The second-order valence-electron chi connectivity index (χ2n) is 4.91. The van der Waals surface area contributed by atoms with Gasteiger partial charge in [-0.25, -0.2) is 0 Å². The van der Waals surface area contributed by atoms with Gasteiger partial charge < -0.3 is 14.9 Å². The van der Waals surface area contributed by atoms with E-state index in [-0.39, 0.29) is 12.7 Å². The van der Waals surface area contributed by atoms with Crippen molar-refractivity contribution >= 4 is 0 Å². The number of benzene rings is 1. The van der Waals surface area contributed by atoms with Crippen LogP contribution in [0.5, 0.6) is 0 Å². The average Bonchev–Trinajstić information content (AvgIpc) is 2.44. The minimum atomic E-state index is -0.222. The summed E-state index contributed by atoms with van der Waals surface area (Å²) in [6, 6.07) is 10.2. The van der Waals surface area contributed by atoms with Crippen molar-refractivity contribution in [1.82, 2.24) is 0 Å². The first-order valence-electron chi connectivity index (χ1n) is 7.23. The van der Waals surface area contributed by atoms with Gasteiger partial charge in [0.1, 0.15) is 0 Å². The third kappa shape index (κ3) is 8.76. The molecule has 0 aromatic heterocycles. The maximum Gasteiger partial charge on any atom is 0.0716 e. The van der Waals surface area contributed by atoms with Gasteiger partial charge in [-0.3, -0.25) is 0 Å². The lowest BCUT2D eigenvalue weighted by Gasteiger charge is -2.10. The van der Waals surface area contributed by atoms with Crippen LogP contribution < -0.4 is 0 Å². The Hall–Kier alpha value is -0.900. The van der Waals surface area contributed by atoms with Crippen LogP contribution in [0.25, 0.3) is 0 Å². The maximum absolute atomic E-state index is 9.69. The topological polar surface area (TPSA) is 49.7 Å². The molecule has 108 valence electrons. The molecule has 2 N–H and O–H groups in total. The van der Waals surface area contributed by atoms with Crippen molar-refractivity contribution in [2.45, 2.75) is 51.2 Å². The Morgan fingerprint density at radius 1 is 0.947 bits per heavy atom. The van der Waals surface area contributed by atoms with Crippen molar-refractivity contribution in [3.05, 3.63) is 35.9 Å². The van der Waals surface area contributed by atoms with Crippen LogP contribution in [0.2, 0.25) is 0 Å². The van der Waals surface area contributed by atoms with E-state index in [1.807, 2.05) is 18.2 Å². The molecule has 0 radical (unpaired) electrons. The summed E-state index contributed by atoms with van der Waals surface area (Å²) in [5.41, 5.74) is 1.20. The maximum atomic E-state index is 9.69. The van der Waals surface area contributed by atoms with Gasteiger partial charge >= 0.3 is 0 Å². The zero-order valence-corrected chi connectivity index (χ0v) is 11.6. The Balaban J connectivity index is 1.91. The molecule has 1 atom stereocenters. The lowest BCUT2D eigenvalue weighted by molar-refractivity contribution is 0.107. The molecule has 0 aliphatic heterocycles. The molecule has 0 spiro atoms. The quantitative estimate of drug-likeness (QED) is 0.605. The third-order valence-electron chi connectivity index (χ3n) is 3.13. The van der Waals surface area contributed by atoms with Crippen LogP contribution in [-0.2, 0) is 11.3 Å². The van der Waals surface area contributed by atoms with E-state index in [2.05, 4.69) is 12.1 Å². The third-order valence-corrected chi connectivity index (χ3v) is 3.13. The van der Waals surface area contributed by atoms with Gasteiger partial charge in [-0.05, 0) is 44.1 Å². The molecule has 3 heteroatoms. The summed E-state index contributed by atoms with van der Waals surface area (Å²) in [5.74, 6) is 0. The average molecular weight is 266 g/mol. The number of hydrogen-bond acceptors (Lipinski definition) is 3. The highest BCUT2D eigenvalue weighted by atomic mass is 16.5. The molecule has 0 fully saturated rings. The molecular weight excluding hydrogens is 240 g/mol. The van der Waals surface area contributed by atoms with Crippen LogP contribution in [0.4, 0.5) is 0 Å². The number of hydrogen-bond donors (Lipinski definition) is 2. The van der Waals surface area contributed by atoms with E-state index in [1.165, 1.54) is 5.56 Å². The van der Waals surface area contributed by atoms with E-state index in [4.69, 9.17) is 9.84 Å². The summed E-state index contributed by atoms with van der Waals surface area (Å²) in [6.07, 6.45) is 5.09. The zero-order chi connectivity index (χ0) is 13.8. The van der Waals surface area contributed by atoms with Crippen LogP contribution in [0.1, 0.15) is 44.1 Å². The fraction of sp³-hybridized carbons (Fsp3) is 0.625. The van der Waals surface area contributed by atoms with E-state index < -0.39 is 0 Å². The predicted octanol–water partition coefficient (Wildman–Crippen LogP) is 2.90. The Bertz CT molecular complexity index is 300. The minimum absolute atomic E-state index is 0.222. The number of aliphatic hydroxyl groups excluding tert-OH is 2. The molecular formula is C16H26O3. The van der Waals surface area contributed by atoms with E-state index in [9.17, 15) is 5.11 Å². The lowest BCUT2D eigenvalue weighted by atomic mass is 10.1. The second kappa shape index (κ2) is 11.0. The molecule has 0 amide bonds. The standard InChI is InChI=1S/C16H26O3/c17-12-6-4-10-16(18)11-5-7-13-19-14-15-8-2-1-3-9-15/h1-3,8-9,16-18H,4-7,10-14H2. The van der Waals surface area contributed by atoms with E-state index in [0.717, 1.165) is 45.1 Å². The van der Waals surface area contributed by atoms with Crippen molar-refractivity contribution < 1.29 is 14.9 Å². The summed E-state index contributed by atoms with van der Waals surface area (Å²) in [7, 11) is 0. The lowest BCUT2D eigenvalue weighted by Crippen LogP contribution is -2.07. The summed E-state index contributed by atoms with van der Waals surface area (Å²) in [4.78, 5) is 0. The molecule has 0 aliphatic carbocycles. The Morgan fingerprint density at radius 2 is 1.63 bits per heavy atom. The number of unbranched alkanes of at least 4 members (excludes halogenated alkanes) is 2. The van der Waals surface area contributed by atoms with Crippen molar-refractivity contribution in [3.8, 4) is 0 Å². The first-order valence-corrected chi connectivity index (χ1v) is 7.23. The van der Waals surface area contributed by atoms with Crippen LogP contribution in [0.15, 0.2) is 30.3 Å². The molecule has 0 heterocycles. The van der Waals surface area contributed by atoms with Crippen LogP contribution in [0, 0.1) is 0 Å². The highest BCUT2D eigenvalue weighted by Gasteiger charge is 2.03. The first-order chi connectivity index (χ1) is 9.33. The van der Waals surface area contributed by atoms with Crippen molar-refractivity contribution in [3.63, 3.8) is 0 Å². The number of aliphatic hydroxyl groups is 2. The fourth-order valence-electron chi connectivity index (χ4n) is 1.98. The number of rotatable bonds is 11. The summed E-state index contributed by atoms with van der Waals surface area (Å²) in [5, 5.41) is 18.3. The minimum Gasteiger partial charge on any atom is -0.396 e. The van der Waals surface area contributed by atoms with Crippen molar-refractivity contribution in [2.75, 3.05) is 13.2 Å². The van der Waals surface area contributed by atoms with Crippen LogP contribution in [0.3, 0.4) is 0 Å².